The van der Waals surface area contributed by atoms with Crippen molar-refractivity contribution >= 4 is 31.0 Å². The monoisotopic (exact) mass is 199 g/mol. The number of hydrogen-bond acceptors (Lipinski definition) is 4. The summed E-state index contributed by atoms with van der Waals surface area (Å²) in [5.41, 5.74) is 5.45. The lowest BCUT2D eigenvalue weighted by Crippen LogP contribution is -2.45. The number of rotatable bonds is 2. The molecule has 0 rings (SSSR count). The predicted molar refractivity (Wildman–Crippen MR) is 50.3 cm³/mol. The van der Waals surface area contributed by atoms with Crippen molar-refractivity contribution in [2.24, 2.45) is 5.73 Å². The van der Waals surface area contributed by atoms with Gasteiger partial charge in [0.05, 0.1) is 7.11 Å². The van der Waals surface area contributed by atoms with Crippen LogP contribution in [0.5, 0.6) is 0 Å². The van der Waals surface area contributed by atoms with Gasteiger partial charge in [-0.1, -0.05) is 0 Å². The van der Waals surface area contributed by atoms with Crippen LogP contribution < -0.4 is 5.73 Å². The number of methoxy groups -OCH3 is 1. The van der Waals surface area contributed by atoms with E-state index < -0.39 is 16.8 Å². The molecule has 0 aromatic rings. The molecule has 0 saturated heterocycles. The second-order valence-corrected chi connectivity index (χ2v) is 3.81. The van der Waals surface area contributed by atoms with E-state index in [1.165, 1.54) is 7.11 Å². The van der Waals surface area contributed by atoms with E-state index in [0.717, 1.165) is 0 Å². The Morgan fingerprint density at radius 2 is 2.00 bits per heavy atom. The van der Waals surface area contributed by atoms with Crippen LogP contribution in [0, 0.1) is 0 Å². The summed E-state index contributed by atoms with van der Waals surface area (Å²) in [5, 5.41) is 0. The van der Waals surface area contributed by atoms with E-state index in [1.54, 1.807) is 13.8 Å². The Morgan fingerprint density at radius 3 is 2.09 bits per heavy atom. The Hall–Kier alpha value is 0.0700. The standard InChI is InChI=1S/C6H13NO2S.ClH/c1-6(2,10)4(7)5(8)9-3;/h4,10H,7H2,1-3H3;1H. The van der Waals surface area contributed by atoms with Crippen LogP contribution in [0.15, 0.2) is 0 Å². The van der Waals surface area contributed by atoms with E-state index in [-0.39, 0.29) is 12.4 Å². The lowest BCUT2D eigenvalue weighted by molar-refractivity contribution is -0.142. The fourth-order valence-electron chi connectivity index (χ4n) is 0.415. The highest BCUT2D eigenvalue weighted by Gasteiger charge is 2.28. The molecule has 0 aliphatic rings. The Balaban J connectivity index is 0. The zero-order chi connectivity index (χ0) is 8.36. The molecule has 11 heavy (non-hydrogen) atoms. The van der Waals surface area contributed by atoms with Gasteiger partial charge in [0.25, 0.3) is 0 Å². The van der Waals surface area contributed by atoms with Crippen LogP contribution in [0.4, 0.5) is 0 Å². The van der Waals surface area contributed by atoms with Gasteiger partial charge < -0.3 is 10.5 Å². The molecule has 0 radical (unpaired) electrons. The fraction of sp³-hybridized carbons (Fsp3) is 0.833. The van der Waals surface area contributed by atoms with Gasteiger partial charge in [-0.3, -0.25) is 4.79 Å². The summed E-state index contributed by atoms with van der Waals surface area (Å²) in [7, 11) is 1.31. The summed E-state index contributed by atoms with van der Waals surface area (Å²) in [4.78, 5) is 10.8. The van der Waals surface area contributed by atoms with Crippen LogP contribution in [-0.2, 0) is 9.53 Å². The van der Waals surface area contributed by atoms with Crippen molar-refractivity contribution in [2.75, 3.05) is 7.11 Å². The summed E-state index contributed by atoms with van der Waals surface area (Å²) in [6, 6.07) is -0.666. The molecule has 2 N–H and O–H groups in total. The van der Waals surface area contributed by atoms with Gasteiger partial charge in [0, 0.05) is 4.75 Å². The van der Waals surface area contributed by atoms with E-state index in [4.69, 9.17) is 5.73 Å². The number of halogens is 1. The number of thiol groups is 1. The number of nitrogens with two attached hydrogens (primary N) is 1. The van der Waals surface area contributed by atoms with Crippen molar-refractivity contribution in [3.63, 3.8) is 0 Å². The van der Waals surface area contributed by atoms with E-state index in [0.29, 0.717) is 0 Å². The highest BCUT2D eigenvalue weighted by molar-refractivity contribution is 7.81. The van der Waals surface area contributed by atoms with Gasteiger partial charge in [0.1, 0.15) is 6.04 Å². The van der Waals surface area contributed by atoms with Gasteiger partial charge in [-0.25, -0.2) is 0 Å². The molecule has 0 saturated carbocycles. The minimum atomic E-state index is -0.666. The molecule has 0 heterocycles. The first-order valence-electron chi connectivity index (χ1n) is 2.95. The highest BCUT2D eigenvalue weighted by Crippen LogP contribution is 2.16. The largest absolute Gasteiger partial charge is 0.468 e. The topological polar surface area (TPSA) is 52.3 Å². The number of hydrogen-bond donors (Lipinski definition) is 2. The summed E-state index contributed by atoms with van der Waals surface area (Å²) in [6.07, 6.45) is 0. The van der Waals surface area contributed by atoms with Crippen LogP contribution in [0.25, 0.3) is 0 Å². The number of carbonyl (C=O) groups is 1. The number of ether oxygens (including phenoxy) is 1. The second-order valence-electron chi connectivity index (χ2n) is 2.65. The zero-order valence-electron chi connectivity index (χ0n) is 6.83. The van der Waals surface area contributed by atoms with Crippen molar-refractivity contribution in [3.05, 3.63) is 0 Å². The molecule has 0 fully saturated rings. The minimum absolute atomic E-state index is 0. The highest BCUT2D eigenvalue weighted by atomic mass is 35.5. The van der Waals surface area contributed by atoms with Crippen LogP contribution in [0.3, 0.4) is 0 Å². The van der Waals surface area contributed by atoms with Crippen LogP contribution in [0.2, 0.25) is 0 Å². The first kappa shape index (κ1) is 13.6. The van der Waals surface area contributed by atoms with E-state index in [1.807, 2.05) is 0 Å². The summed E-state index contributed by atoms with van der Waals surface area (Å²) < 4.78 is 3.90. The summed E-state index contributed by atoms with van der Waals surface area (Å²) >= 11 is 4.12. The SMILES string of the molecule is COC(=O)C(N)C(C)(C)S.Cl. The quantitative estimate of drug-likeness (QED) is 0.507. The van der Waals surface area contributed by atoms with E-state index >= 15 is 0 Å². The normalized spacial score (nSPS) is 13.2. The molecule has 0 bridgehead atoms. The molecule has 68 valence electrons. The lowest BCUT2D eigenvalue weighted by atomic mass is 10.1. The molecule has 3 nitrogen and oxygen atoms in total. The average Bonchev–Trinajstić information content (AvgIpc) is 1.83. The molecule has 1 atom stereocenters. The van der Waals surface area contributed by atoms with Crippen molar-refractivity contribution < 1.29 is 9.53 Å². The van der Waals surface area contributed by atoms with Crippen molar-refractivity contribution in [3.8, 4) is 0 Å². The van der Waals surface area contributed by atoms with Crippen LogP contribution in [-0.4, -0.2) is 23.9 Å². The second kappa shape index (κ2) is 4.85. The van der Waals surface area contributed by atoms with Gasteiger partial charge in [0.15, 0.2) is 0 Å². The molecule has 0 aromatic heterocycles. The first-order chi connectivity index (χ1) is 4.39. The van der Waals surface area contributed by atoms with Crippen LogP contribution >= 0.6 is 25.0 Å². The maximum absolute atomic E-state index is 10.8. The van der Waals surface area contributed by atoms with E-state index in [2.05, 4.69) is 17.4 Å². The maximum Gasteiger partial charge on any atom is 0.324 e. The summed E-state index contributed by atoms with van der Waals surface area (Å²) in [6.45, 7) is 3.52. The zero-order valence-corrected chi connectivity index (χ0v) is 8.54. The third kappa shape index (κ3) is 4.50. The minimum Gasteiger partial charge on any atom is -0.468 e. The Labute approximate surface area is 78.5 Å². The third-order valence-electron chi connectivity index (χ3n) is 1.22. The van der Waals surface area contributed by atoms with Gasteiger partial charge in [0.2, 0.25) is 0 Å². The Kier molecular flexibility index (Phi) is 6.02. The molecular weight excluding hydrogens is 186 g/mol. The third-order valence-corrected chi connectivity index (χ3v) is 1.49. The van der Waals surface area contributed by atoms with Crippen molar-refractivity contribution in [1.29, 1.82) is 0 Å². The maximum atomic E-state index is 10.8. The average molecular weight is 200 g/mol. The molecule has 0 spiro atoms. The van der Waals surface area contributed by atoms with Gasteiger partial charge >= 0.3 is 5.97 Å². The number of carbonyl (C=O) groups excluding carboxylic acids is 1. The number of esters is 1. The molecule has 0 aromatic carbocycles. The molecule has 1 unspecified atom stereocenters. The Bertz CT molecular complexity index is 135. The summed E-state index contributed by atoms with van der Waals surface area (Å²) in [5.74, 6) is -0.431. The van der Waals surface area contributed by atoms with E-state index in [9.17, 15) is 4.79 Å². The van der Waals surface area contributed by atoms with Crippen molar-refractivity contribution in [2.45, 2.75) is 24.6 Å². The Morgan fingerprint density at radius 1 is 1.64 bits per heavy atom. The smallest absolute Gasteiger partial charge is 0.324 e. The molecule has 0 aliphatic heterocycles. The van der Waals surface area contributed by atoms with Gasteiger partial charge in [-0.2, -0.15) is 12.6 Å². The molecule has 5 heteroatoms. The fourth-order valence-corrected chi connectivity index (χ4v) is 0.521. The van der Waals surface area contributed by atoms with Crippen molar-refractivity contribution in [1.82, 2.24) is 0 Å². The first-order valence-corrected chi connectivity index (χ1v) is 3.40. The molecule has 0 aliphatic carbocycles. The molecular formula is C6H14ClNO2S. The van der Waals surface area contributed by atoms with Gasteiger partial charge in [-0.05, 0) is 13.8 Å². The lowest BCUT2D eigenvalue weighted by Gasteiger charge is -2.22. The molecule has 0 amide bonds. The predicted octanol–water partition coefficient (Wildman–Crippen LogP) is 0.617. The van der Waals surface area contributed by atoms with Crippen LogP contribution in [0.1, 0.15) is 13.8 Å². The van der Waals surface area contributed by atoms with Gasteiger partial charge in [-0.15, -0.1) is 12.4 Å².